The average Bonchev–Trinajstić information content (AvgIpc) is 2.77. The van der Waals surface area contributed by atoms with Gasteiger partial charge in [-0.2, -0.15) is 0 Å². The van der Waals surface area contributed by atoms with E-state index in [4.69, 9.17) is 16.7 Å². The van der Waals surface area contributed by atoms with Gasteiger partial charge in [-0.15, -0.1) is 0 Å². The third kappa shape index (κ3) is 1.32. The number of benzene rings is 1. The highest BCUT2D eigenvalue weighted by atomic mass is 35.5. The van der Waals surface area contributed by atoms with E-state index in [0.29, 0.717) is 11.1 Å². The van der Waals surface area contributed by atoms with Crippen LogP contribution in [-0.2, 0) is 0 Å². The molecule has 0 aliphatic carbocycles. The van der Waals surface area contributed by atoms with Crippen LogP contribution < -0.4 is 5.32 Å². The maximum absolute atomic E-state index is 9.09. The Kier molecular flexibility index (Phi) is 1.51. The van der Waals surface area contributed by atoms with Gasteiger partial charge in [0.1, 0.15) is 5.75 Å². The number of halogens is 1. The minimum atomic E-state index is 0.149. The Morgan fingerprint density at radius 3 is 2.82 bits per heavy atom. The number of rotatable bonds is 1. The molecule has 1 fully saturated rings. The normalized spacial score (nSPS) is 21.7. The fourth-order valence-electron chi connectivity index (χ4n) is 1.03. The highest BCUT2D eigenvalue weighted by Crippen LogP contribution is 2.29. The van der Waals surface area contributed by atoms with E-state index in [-0.39, 0.29) is 5.75 Å². The van der Waals surface area contributed by atoms with Gasteiger partial charge >= 0.3 is 0 Å². The molecule has 0 aromatic heterocycles. The number of phenols is 1. The van der Waals surface area contributed by atoms with Crippen molar-refractivity contribution >= 4 is 11.6 Å². The topological polar surface area (TPSA) is 42.2 Å². The monoisotopic (exact) mass is 169 g/mol. The van der Waals surface area contributed by atoms with Gasteiger partial charge in [0.05, 0.1) is 5.02 Å². The standard InChI is InChI=1S/C8H8ClNO/c9-6-3-5(7-4-10-7)1-2-8(6)11/h1-3,7,10-11H,4H2/t7-/m1/s1. The molecule has 0 bridgehead atoms. The summed E-state index contributed by atoms with van der Waals surface area (Å²) < 4.78 is 0. The van der Waals surface area contributed by atoms with E-state index in [2.05, 4.69) is 5.32 Å². The van der Waals surface area contributed by atoms with Gasteiger partial charge < -0.3 is 10.4 Å². The molecule has 3 heteroatoms. The van der Waals surface area contributed by atoms with Crippen LogP contribution in [0, 0.1) is 0 Å². The van der Waals surface area contributed by atoms with E-state index in [0.717, 1.165) is 12.1 Å². The lowest BCUT2D eigenvalue weighted by atomic mass is 10.1. The molecule has 0 unspecified atom stereocenters. The molecule has 0 spiro atoms. The van der Waals surface area contributed by atoms with Crippen molar-refractivity contribution in [3.05, 3.63) is 28.8 Å². The summed E-state index contributed by atoms with van der Waals surface area (Å²) in [4.78, 5) is 0. The number of phenolic OH excluding ortho intramolecular Hbond substituents is 1. The van der Waals surface area contributed by atoms with Crippen molar-refractivity contribution in [3.63, 3.8) is 0 Å². The molecule has 1 heterocycles. The van der Waals surface area contributed by atoms with Crippen LogP contribution in [0.1, 0.15) is 11.6 Å². The molecular formula is C8H8ClNO. The van der Waals surface area contributed by atoms with Crippen molar-refractivity contribution < 1.29 is 5.11 Å². The Hall–Kier alpha value is -0.730. The van der Waals surface area contributed by atoms with E-state index in [1.807, 2.05) is 6.07 Å². The quantitative estimate of drug-likeness (QED) is 0.629. The van der Waals surface area contributed by atoms with Gasteiger partial charge in [0.15, 0.2) is 0 Å². The van der Waals surface area contributed by atoms with Crippen LogP contribution in [0.5, 0.6) is 5.75 Å². The highest BCUT2D eigenvalue weighted by Gasteiger charge is 2.22. The fourth-order valence-corrected chi connectivity index (χ4v) is 1.22. The van der Waals surface area contributed by atoms with Crippen molar-refractivity contribution in [1.82, 2.24) is 5.32 Å². The van der Waals surface area contributed by atoms with Crippen molar-refractivity contribution in [2.75, 3.05) is 6.54 Å². The average molecular weight is 170 g/mol. The minimum Gasteiger partial charge on any atom is -0.506 e. The molecule has 1 aromatic rings. The second kappa shape index (κ2) is 2.40. The molecule has 11 heavy (non-hydrogen) atoms. The Balaban J connectivity index is 2.36. The Bertz CT molecular complexity index is 283. The predicted molar refractivity (Wildman–Crippen MR) is 43.9 cm³/mol. The van der Waals surface area contributed by atoms with Crippen molar-refractivity contribution in [3.8, 4) is 5.75 Å². The molecule has 1 saturated heterocycles. The summed E-state index contributed by atoms with van der Waals surface area (Å²) in [5, 5.41) is 12.7. The SMILES string of the molecule is Oc1ccc([C@H]2CN2)cc1Cl. The summed E-state index contributed by atoms with van der Waals surface area (Å²) in [6.07, 6.45) is 0. The maximum Gasteiger partial charge on any atom is 0.134 e. The zero-order chi connectivity index (χ0) is 7.84. The largest absolute Gasteiger partial charge is 0.506 e. The van der Waals surface area contributed by atoms with Gasteiger partial charge in [-0.1, -0.05) is 17.7 Å². The fraction of sp³-hybridized carbons (Fsp3) is 0.250. The number of aromatic hydroxyl groups is 1. The second-order valence-corrected chi connectivity index (χ2v) is 3.08. The molecule has 0 amide bonds. The predicted octanol–water partition coefficient (Wildman–Crippen LogP) is 1.69. The van der Waals surface area contributed by atoms with E-state index < -0.39 is 0 Å². The zero-order valence-electron chi connectivity index (χ0n) is 5.84. The molecule has 1 aromatic carbocycles. The summed E-state index contributed by atoms with van der Waals surface area (Å²) in [6, 6.07) is 5.75. The van der Waals surface area contributed by atoms with E-state index >= 15 is 0 Å². The van der Waals surface area contributed by atoms with E-state index in [1.165, 1.54) is 0 Å². The van der Waals surface area contributed by atoms with Crippen molar-refractivity contribution in [2.45, 2.75) is 6.04 Å². The summed E-state index contributed by atoms with van der Waals surface area (Å²) in [5.41, 5.74) is 1.15. The smallest absolute Gasteiger partial charge is 0.134 e. The first-order valence-corrected chi connectivity index (χ1v) is 3.87. The molecule has 1 atom stereocenters. The molecule has 2 nitrogen and oxygen atoms in total. The van der Waals surface area contributed by atoms with Crippen molar-refractivity contribution in [1.29, 1.82) is 0 Å². The highest BCUT2D eigenvalue weighted by molar-refractivity contribution is 6.32. The molecule has 1 aliphatic heterocycles. The van der Waals surface area contributed by atoms with Crippen LogP contribution in [0.2, 0.25) is 5.02 Å². The van der Waals surface area contributed by atoms with Crippen LogP contribution in [0.3, 0.4) is 0 Å². The van der Waals surface area contributed by atoms with Crippen LogP contribution in [0.15, 0.2) is 18.2 Å². The van der Waals surface area contributed by atoms with Crippen LogP contribution >= 0.6 is 11.6 Å². The molecule has 58 valence electrons. The Morgan fingerprint density at radius 1 is 1.55 bits per heavy atom. The van der Waals surface area contributed by atoms with Gasteiger partial charge in [0.25, 0.3) is 0 Å². The minimum absolute atomic E-state index is 0.149. The summed E-state index contributed by atoms with van der Waals surface area (Å²) in [7, 11) is 0. The number of nitrogens with one attached hydrogen (secondary N) is 1. The van der Waals surface area contributed by atoms with Gasteiger partial charge in [-0.05, 0) is 17.7 Å². The summed E-state index contributed by atoms with van der Waals surface area (Å²) in [6.45, 7) is 1.01. The zero-order valence-corrected chi connectivity index (χ0v) is 6.60. The van der Waals surface area contributed by atoms with E-state index in [9.17, 15) is 0 Å². The lowest BCUT2D eigenvalue weighted by Crippen LogP contribution is -1.82. The van der Waals surface area contributed by atoms with Crippen LogP contribution in [-0.4, -0.2) is 11.7 Å². The second-order valence-electron chi connectivity index (χ2n) is 2.67. The van der Waals surface area contributed by atoms with Crippen LogP contribution in [0.25, 0.3) is 0 Å². The van der Waals surface area contributed by atoms with Gasteiger partial charge in [0.2, 0.25) is 0 Å². The van der Waals surface area contributed by atoms with Crippen molar-refractivity contribution in [2.24, 2.45) is 0 Å². The lowest BCUT2D eigenvalue weighted by Gasteiger charge is -1.99. The molecule has 1 aliphatic rings. The number of hydrogen-bond acceptors (Lipinski definition) is 2. The molecule has 0 radical (unpaired) electrons. The maximum atomic E-state index is 9.09. The number of hydrogen-bond donors (Lipinski definition) is 2. The van der Waals surface area contributed by atoms with Gasteiger partial charge in [-0.25, -0.2) is 0 Å². The third-order valence-corrected chi connectivity index (χ3v) is 2.09. The Labute approximate surface area is 69.8 Å². The Morgan fingerprint density at radius 2 is 2.27 bits per heavy atom. The first kappa shape index (κ1) is 6.95. The van der Waals surface area contributed by atoms with E-state index in [1.54, 1.807) is 12.1 Å². The summed E-state index contributed by atoms with van der Waals surface area (Å²) >= 11 is 5.71. The van der Waals surface area contributed by atoms with Gasteiger partial charge in [0, 0.05) is 12.6 Å². The molecule has 2 N–H and O–H groups in total. The third-order valence-electron chi connectivity index (χ3n) is 1.78. The van der Waals surface area contributed by atoms with Crippen LogP contribution in [0.4, 0.5) is 0 Å². The molecule has 0 saturated carbocycles. The lowest BCUT2D eigenvalue weighted by molar-refractivity contribution is 0.475. The first-order valence-electron chi connectivity index (χ1n) is 3.49. The summed E-state index contributed by atoms with van der Waals surface area (Å²) in [5.74, 6) is 0.149. The molecular weight excluding hydrogens is 162 g/mol. The molecule has 2 rings (SSSR count). The van der Waals surface area contributed by atoms with Gasteiger partial charge in [-0.3, -0.25) is 0 Å². The first-order chi connectivity index (χ1) is 5.27.